The van der Waals surface area contributed by atoms with Gasteiger partial charge in [-0.25, -0.2) is 4.79 Å². The average Bonchev–Trinajstić information content (AvgIpc) is 3.16. The summed E-state index contributed by atoms with van der Waals surface area (Å²) >= 11 is 7.03. The number of aromatic nitrogens is 2. The van der Waals surface area contributed by atoms with Crippen LogP contribution < -0.4 is 0 Å². The molecule has 1 saturated heterocycles. The number of carbonyl (C=O) groups excluding carboxylic acids is 2. The maximum atomic E-state index is 12.6. The molecular weight excluding hydrogens is 390 g/mol. The molecule has 1 aromatic carbocycles. The number of esters is 1. The van der Waals surface area contributed by atoms with Crippen LogP contribution in [0.1, 0.15) is 26.2 Å². The van der Waals surface area contributed by atoms with Crippen LogP contribution in [0.25, 0.3) is 11.5 Å². The van der Waals surface area contributed by atoms with Crippen LogP contribution in [0.4, 0.5) is 0 Å². The first-order chi connectivity index (χ1) is 13.1. The molecule has 0 radical (unpaired) electrons. The summed E-state index contributed by atoms with van der Waals surface area (Å²) in [5.74, 6) is 0.0179. The normalized spacial score (nSPS) is 17.0. The highest BCUT2D eigenvalue weighted by Gasteiger charge is 2.33. The summed E-state index contributed by atoms with van der Waals surface area (Å²) in [7, 11) is 0. The van der Waals surface area contributed by atoms with Gasteiger partial charge in [0.15, 0.2) is 0 Å². The Bertz CT molecular complexity index is 796. The number of ether oxygens (including phenoxy) is 1. The molecule has 0 saturated carbocycles. The highest BCUT2D eigenvalue weighted by molar-refractivity contribution is 7.99. The van der Waals surface area contributed by atoms with Crippen molar-refractivity contribution in [2.45, 2.75) is 37.5 Å². The van der Waals surface area contributed by atoms with Crippen molar-refractivity contribution in [3.8, 4) is 11.5 Å². The third-order valence-corrected chi connectivity index (χ3v) is 5.25. The Hall–Kier alpha value is -2.06. The predicted molar refractivity (Wildman–Crippen MR) is 101 cm³/mol. The molecule has 9 heteroatoms. The van der Waals surface area contributed by atoms with Gasteiger partial charge in [-0.15, -0.1) is 10.2 Å². The van der Waals surface area contributed by atoms with Gasteiger partial charge in [0.25, 0.3) is 5.22 Å². The lowest BCUT2D eigenvalue weighted by molar-refractivity contribution is -0.155. The molecule has 0 aliphatic carbocycles. The van der Waals surface area contributed by atoms with Gasteiger partial charge in [-0.3, -0.25) is 4.79 Å². The predicted octanol–water partition coefficient (Wildman–Crippen LogP) is 3.43. The molecule has 7 nitrogen and oxygen atoms in total. The van der Waals surface area contributed by atoms with Crippen molar-refractivity contribution in [1.82, 2.24) is 15.1 Å². The van der Waals surface area contributed by atoms with Gasteiger partial charge in [0.05, 0.1) is 12.4 Å². The van der Waals surface area contributed by atoms with E-state index in [1.165, 1.54) is 0 Å². The van der Waals surface area contributed by atoms with Gasteiger partial charge in [-0.2, -0.15) is 0 Å². The first kappa shape index (κ1) is 19.7. The SMILES string of the molecule is CCOC(=O)[C@H]1CCCCN1C(=O)CSc1nnc(-c2ccc(Cl)cc2)o1. The van der Waals surface area contributed by atoms with Crippen molar-refractivity contribution in [3.05, 3.63) is 29.3 Å². The molecule has 0 unspecified atom stereocenters. The number of hydrogen-bond donors (Lipinski definition) is 0. The lowest BCUT2D eigenvalue weighted by Gasteiger charge is -2.33. The largest absolute Gasteiger partial charge is 0.464 e. The quantitative estimate of drug-likeness (QED) is 0.533. The van der Waals surface area contributed by atoms with E-state index in [1.54, 1.807) is 36.1 Å². The monoisotopic (exact) mass is 409 g/mol. The number of amides is 1. The Morgan fingerprint density at radius 3 is 2.81 bits per heavy atom. The van der Waals surface area contributed by atoms with Gasteiger partial charge in [0.1, 0.15) is 6.04 Å². The van der Waals surface area contributed by atoms with Crippen LogP contribution in [0.15, 0.2) is 33.9 Å². The molecule has 0 N–H and O–H groups in total. The smallest absolute Gasteiger partial charge is 0.328 e. The van der Waals surface area contributed by atoms with Crippen LogP contribution in [0.2, 0.25) is 5.02 Å². The molecule has 1 amide bonds. The first-order valence-electron chi connectivity index (χ1n) is 8.77. The van der Waals surface area contributed by atoms with Crippen LogP contribution in [0.5, 0.6) is 0 Å². The number of rotatable bonds is 6. The molecule has 1 aromatic heterocycles. The van der Waals surface area contributed by atoms with Crippen molar-refractivity contribution in [3.63, 3.8) is 0 Å². The Balaban J connectivity index is 1.59. The standard InChI is InChI=1S/C18H20ClN3O4S/c1-2-25-17(24)14-5-3-4-10-22(14)15(23)11-27-18-21-20-16(26-18)12-6-8-13(19)9-7-12/h6-9,14H,2-5,10-11H2,1H3/t14-/m1/s1. The van der Waals surface area contributed by atoms with Gasteiger partial charge in [-0.1, -0.05) is 23.4 Å². The summed E-state index contributed by atoms with van der Waals surface area (Å²) in [6.45, 7) is 2.63. The van der Waals surface area contributed by atoms with Gasteiger partial charge in [-0.05, 0) is 50.5 Å². The molecule has 2 heterocycles. The van der Waals surface area contributed by atoms with E-state index < -0.39 is 6.04 Å². The van der Waals surface area contributed by atoms with E-state index in [-0.39, 0.29) is 17.6 Å². The van der Waals surface area contributed by atoms with Crippen molar-refractivity contribution < 1.29 is 18.7 Å². The summed E-state index contributed by atoms with van der Waals surface area (Å²) in [6, 6.07) is 6.55. The number of benzene rings is 1. The van der Waals surface area contributed by atoms with Gasteiger partial charge in [0.2, 0.25) is 11.8 Å². The molecule has 0 bridgehead atoms. The molecule has 1 atom stereocenters. The van der Waals surface area contributed by atoms with Gasteiger partial charge in [0, 0.05) is 17.1 Å². The van der Waals surface area contributed by atoms with Crippen LogP contribution in [0.3, 0.4) is 0 Å². The van der Waals surface area contributed by atoms with Crippen molar-refractivity contribution in [2.75, 3.05) is 18.9 Å². The zero-order valence-electron chi connectivity index (χ0n) is 14.9. The lowest BCUT2D eigenvalue weighted by atomic mass is 10.0. The van der Waals surface area contributed by atoms with Gasteiger partial charge < -0.3 is 14.1 Å². The fraction of sp³-hybridized carbons (Fsp3) is 0.444. The molecule has 27 heavy (non-hydrogen) atoms. The number of carbonyl (C=O) groups is 2. The summed E-state index contributed by atoms with van der Waals surface area (Å²) in [5, 5.41) is 8.89. The van der Waals surface area contributed by atoms with E-state index in [0.717, 1.165) is 30.2 Å². The summed E-state index contributed by atoms with van der Waals surface area (Å²) in [4.78, 5) is 26.3. The zero-order valence-corrected chi connectivity index (χ0v) is 16.5. The maximum absolute atomic E-state index is 12.6. The number of likely N-dealkylation sites (tertiary alicyclic amines) is 1. The van der Waals surface area contributed by atoms with Crippen LogP contribution in [-0.2, 0) is 14.3 Å². The van der Waals surface area contributed by atoms with Crippen molar-refractivity contribution in [1.29, 1.82) is 0 Å². The molecule has 144 valence electrons. The number of nitrogens with zero attached hydrogens (tertiary/aromatic N) is 3. The lowest BCUT2D eigenvalue weighted by Crippen LogP contribution is -2.49. The Morgan fingerprint density at radius 1 is 1.30 bits per heavy atom. The van der Waals surface area contributed by atoms with Crippen molar-refractivity contribution in [2.24, 2.45) is 0 Å². The first-order valence-corrected chi connectivity index (χ1v) is 10.1. The molecule has 1 aliphatic rings. The van der Waals surface area contributed by atoms with E-state index in [9.17, 15) is 9.59 Å². The highest BCUT2D eigenvalue weighted by atomic mass is 35.5. The maximum Gasteiger partial charge on any atom is 0.328 e. The summed E-state index contributed by atoms with van der Waals surface area (Å²) in [6.07, 6.45) is 2.43. The molecular formula is C18H20ClN3O4S. The number of hydrogen-bond acceptors (Lipinski definition) is 7. The Morgan fingerprint density at radius 2 is 2.07 bits per heavy atom. The van der Waals surface area contributed by atoms with E-state index in [1.807, 2.05) is 0 Å². The van der Waals surface area contributed by atoms with E-state index >= 15 is 0 Å². The Labute approximate surface area is 166 Å². The summed E-state index contributed by atoms with van der Waals surface area (Å²) < 4.78 is 10.7. The van der Waals surface area contributed by atoms with E-state index in [4.69, 9.17) is 20.8 Å². The third-order valence-electron chi connectivity index (χ3n) is 4.20. The average molecular weight is 410 g/mol. The number of thioether (sulfide) groups is 1. The molecule has 0 spiro atoms. The summed E-state index contributed by atoms with van der Waals surface area (Å²) in [5.41, 5.74) is 0.753. The fourth-order valence-corrected chi connectivity index (χ4v) is 3.67. The zero-order chi connectivity index (χ0) is 19.2. The van der Waals surface area contributed by atoms with Crippen LogP contribution >= 0.6 is 23.4 Å². The highest BCUT2D eigenvalue weighted by Crippen LogP contribution is 2.26. The second kappa shape index (κ2) is 9.23. The Kier molecular flexibility index (Phi) is 6.73. The molecule has 1 fully saturated rings. The molecule has 3 rings (SSSR count). The van der Waals surface area contributed by atoms with E-state index in [0.29, 0.717) is 35.7 Å². The van der Waals surface area contributed by atoms with Crippen molar-refractivity contribution >= 4 is 35.2 Å². The van der Waals surface area contributed by atoms with E-state index in [2.05, 4.69) is 10.2 Å². The fourth-order valence-electron chi connectivity index (χ4n) is 2.90. The van der Waals surface area contributed by atoms with Crippen LogP contribution in [0, 0.1) is 0 Å². The minimum Gasteiger partial charge on any atom is -0.464 e. The molecule has 1 aliphatic heterocycles. The second-order valence-electron chi connectivity index (χ2n) is 6.02. The topological polar surface area (TPSA) is 85.5 Å². The molecule has 2 aromatic rings. The minimum absolute atomic E-state index is 0.123. The minimum atomic E-state index is -0.501. The third kappa shape index (κ3) is 5.01. The van der Waals surface area contributed by atoms with Crippen LogP contribution in [-0.4, -0.2) is 51.9 Å². The number of halogens is 1. The number of piperidine rings is 1. The van der Waals surface area contributed by atoms with Gasteiger partial charge >= 0.3 is 5.97 Å². The second-order valence-corrected chi connectivity index (χ2v) is 7.38.